The van der Waals surface area contributed by atoms with E-state index in [-0.39, 0.29) is 0 Å². The molecule has 0 bridgehead atoms. The van der Waals surface area contributed by atoms with Gasteiger partial charge in [0.05, 0.1) is 0 Å². The Morgan fingerprint density at radius 2 is 1.20 bits per heavy atom. The predicted molar refractivity (Wildman–Crippen MR) is 29.1 cm³/mol. The van der Waals surface area contributed by atoms with Gasteiger partial charge in [-0.2, -0.15) is 0 Å². The third-order valence-corrected chi connectivity index (χ3v) is 0. The zero-order valence-corrected chi connectivity index (χ0v) is 8.12. The van der Waals surface area contributed by atoms with Crippen molar-refractivity contribution in [3.05, 3.63) is 0 Å². The Morgan fingerprint density at radius 3 is 1.20 bits per heavy atom. The van der Waals surface area contributed by atoms with Gasteiger partial charge in [0.25, 0.3) is 0 Å². The van der Waals surface area contributed by atoms with Crippen molar-refractivity contribution in [2.75, 3.05) is 0 Å². The maximum absolute atomic E-state index is 2.62. The average molecular weight is 246 g/mol. The number of hydrogen-bond donors (Lipinski definition) is 0. The molecule has 0 fully saturated rings. The zero-order chi connectivity index (χ0) is 4.71. The van der Waals surface area contributed by atoms with Crippen LogP contribution >= 0.6 is 0 Å². The van der Waals surface area contributed by atoms with Crippen molar-refractivity contribution >= 4 is 37.6 Å². The molecular weight excluding hydrogens is 237 g/mol. The van der Waals surface area contributed by atoms with E-state index < -0.39 is 0 Å². The molecule has 0 N–H and O–H groups in total. The van der Waals surface area contributed by atoms with E-state index in [4.69, 9.17) is 0 Å². The average Bonchev–Trinajstić information content (AvgIpc) is 1.46. The van der Waals surface area contributed by atoms with Crippen molar-refractivity contribution in [1.29, 1.82) is 0 Å². The van der Waals surface area contributed by atoms with Crippen LogP contribution in [0, 0.1) is 0 Å². The summed E-state index contributed by atoms with van der Waals surface area (Å²) in [5.41, 5.74) is 0. The second kappa shape index (κ2) is 18.4. The summed E-state index contributed by atoms with van der Waals surface area (Å²) in [7, 11) is 0. The fourth-order valence-corrected chi connectivity index (χ4v) is 0. The molecule has 0 aliphatic heterocycles. The maximum atomic E-state index is 2.62. The van der Waals surface area contributed by atoms with Gasteiger partial charge < -0.3 is 0 Å². The van der Waals surface area contributed by atoms with Crippen molar-refractivity contribution in [1.82, 2.24) is 0 Å². The Hall–Kier alpha value is 1.34. The molecule has 32 valence electrons. The van der Waals surface area contributed by atoms with E-state index in [0.29, 0.717) is 21.6 Å². The van der Waals surface area contributed by atoms with Crippen LogP contribution in [0.2, 0.25) is 15.6 Å². The Bertz CT molecular complexity index is 6.85. The molecule has 0 aromatic heterocycles. The normalized spacial score (nSPS) is 4.80. The van der Waals surface area contributed by atoms with Gasteiger partial charge in [-0.3, -0.25) is 0 Å². The van der Waals surface area contributed by atoms with Gasteiger partial charge in [-0.25, -0.2) is 0 Å². The van der Waals surface area contributed by atoms with Gasteiger partial charge in [-0.1, -0.05) is 0 Å². The third-order valence-electron chi connectivity index (χ3n) is 0. The van der Waals surface area contributed by atoms with Crippen LogP contribution in [-0.4, -0.2) is 37.6 Å². The third kappa shape index (κ3) is 33.2. The molecule has 2 heteroatoms. The molecule has 0 aromatic rings. The van der Waals surface area contributed by atoms with Crippen LogP contribution in [-0.2, 0) is 0 Å². The first kappa shape index (κ1) is 9.60. The summed E-state index contributed by atoms with van der Waals surface area (Å²) in [4.78, 5) is 4.55. The summed E-state index contributed by atoms with van der Waals surface area (Å²) in [6.45, 7) is 0. The van der Waals surface area contributed by atoms with E-state index in [1.165, 1.54) is 0 Å². The molecule has 0 atom stereocenters. The van der Waals surface area contributed by atoms with Crippen molar-refractivity contribution < 1.29 is 0 Å². The fraction of sp³-hybridized carbons (Fsp3) is 1.00. The molecule has 0 nitrogen and oxygen atoms in total. The quantitative estimate of drug-likeness (QED) is 0.559. The van der Waals surface area contributed by atoms with Crippen LogP contribution in [0.5, 0.6) is 0 Å². The van der Waals surface area contributed by atoms with E-state index in [9.17, 15) is 0 Å². The second-order valence-corrected chi connectivity index (χ2v) is 3.00. The minimum atomic E-state index is 0.350. The summed E-state index contributed by atoms with van der Waals surface area (Å²) < 4.78 is 0. The molecule has 0 aliphatic rings. The Balaban J connectivity index is 0. The zero-order valence-electron chi connectivity index (χ0n) is 3.86. The Labute approximate surface area is 53.1 Å². The van der Waals surface area contributed by atoms with E-state index in [2.05, 4.69) is 25.8 Å². The van der Waals surface area contributed by atoms with Crippen LogP contribution in [0.1, 0.15) is 0 Å². The molecule has 0 aliphatic carbocycles. The molecule has 0 saturated carbocycles. The fourth-order valence-electron chi connectivity index (χ4n) is 0. The van der Waals surface area contributed by atoms with Gasteiger partial charge in [-0.15, -0.1) is 0 Å². The Kier molecular flexibility index (Phi) is 35.3. The monoisotopic (exact) mass is 246 g/mol. The van der Waals surface area contributed by atoms with Crippen LogP contribution in [0.25, 0.3) is 0 Å². The van der Waals surface area contributed by atoms with Gasteiger partial charge in [0.15, 0.2) is 0 Å². The van der Waals surface area contributed by atoms with Crippen molar-refractivity contribution in [3.63, 3.8) is 0 Å². The molecule has 0 rings (SSSR count). The Morgan fingerprint density at radius 1 is 1.20 bits per heavy atom. The molecule has 0 amide bonds. The number of hydrogen-bond acceptors (Lipinski definition) is 0. The first-order valence-corrected chi connectivity index (χ1v) is 8.12. The first-order valence-electron chi connectivity index (χ1n) is 1.30. The predicted octanol–water partition coefficient (Wildman–Crippen LogP) is 0.990. The van der Waals surface area contributed by atoms with Gasteiger partial charge >= 0.3 is 53.2 Å². The minimum absolute atomic E-state index is 0.350. The SMILES string of the molecule is C[Se].[CH3][Sb][CH3]. The molecular formula is C3H9SbSe. The van der Waals surface area contributed by atoms with Gasteiger partial charge in [0, 0.05) is 0 Å². The standard InChI is InChI=1S/CH3Se.2CH3.Sb/c1-2;;;/h1H3;2*1H3;. The van der Waals surface area contributed by atoms with Crippen LogP contribution in [0.3, 0.4) is 0 Å². The summed E-state index contributed by atoms with van der Waals surface area (Å²) in [6.07, 6.45) is 0. The van der Waals surface area contributed by atoms with Crippen molar-refractivity contribution in [2.45, 2.75) is 15.6 Å². The van der Waals surface area contributed by atoms with Crippen molar-refractivity contribution in [3.8, 4) is 0 Å². The molecule has 2 radical (unpaired) electrons. The van der Waals surface area contributed by atoms with E-state index >= 15 is 0 Å². The second-order valence-electron chi connectivity index (χ2n) is 0.447. The summed E-state index contributed by atoms with van der Waals surface area (Å²) in [6, 6.07) is 0. The van der Waals surface area contributed by atoms with Crippen LogP contribution < -0.4 is 0 Å². The molecule has 0 saturated heterocycles. The van der Waals surface area contributed by atoms with E-state index in [1.807, 2.05) is 5.82 Å². The van der Waals surface area contributed by atoms with Gasteiger partial charge in [-0.05, 0) is 0 Å². The molecule has 5 heavy (non-hydrogen) atoms. The summed E-state index contributed by atoms with van der Waals surface area (Å²) in [5.74, 6) is 1.88. The summed E-state index contributed by atoms with van der Waals surface area (Å²) in [5, 5.41) is 0. The van der Waals surface area contributed by atoms with Crippen LogP contribution in [0.15, 0.2) is 0 Å². The summed E-state index contributed by atoms with van der Waals surface area (Å²) >= 11 is 2.98. The van der Waals surface area contributed by atoms with Gasteiger partial charge in [0.2, 0.25) is 0 Å². The van der Waals surface area contributed by atoms with Gasteiger partial charge in [0.1, 0.15) is 0 Å². The van der Waals surface area contributed by atoms with E-state index in [0.717, 1.165) is 0 Å². The molecule has 0 heterocycles. The van der Waals surface area contributed by atoms with E-state index in [1.54, 1.807) is 0 Å². The van der Waals surface area contributed by atoms with Crippen molar-refractivity contribution in [2.24, 2.45) is 0 Å². The molecule has 0 unspecified atom stereocenters. The topological polar surface area (TPSA) is 0 Å². The number of rotatable bonds is 0. The van der Waals surface area contributed by atoms with Crippen LogP contribution in [0.4, 0.5) is 0 Å². The first-order chi connectivity index (χ1) is 2.41. The molecule has 0 aromatic carbocycles. The molecule has 0 spiro atoms.